The Morgan fingerprint density at radius 1 is 0.850 bits per heavy atom. The van der Waals surface area contributed by atoms with Crippen molar-refractivity contribution in [3.63, 3.8) is 0 Å². The van der Waals surface area contributed by atoms with Gasteiger partial charge >= 0.3 is 0 Å². The van der Waals surface area contributed by atoms with E-state index in [1.54, 1.807) is 21.6 Å². The number of hydrogen-bond acceptors (Lipinski definition) is 7. The van der Waals surface area contributed by atoms with E-state index in [9.17, 15) is 0 Å². The molecule has 20 heavy (non-hydrogen) atoms. The Labute approximate surface area is 127 Å². The van der Waals surface area contributed by atoms with Crippen LogP contribution in [0.4, 0.5) is 0 Å². The highest BCUT2D eigenvalue weighted by Crippen LogP contribution is 2.44. The third kappa shape index (κ3) is 2.86. The van der Waals surface area contributed by atoms with E-state index in [2.05, 4.69) is 6.26 Å². The predicted molar refractivity (Wildman–Crippen MR) is 78.5 cm³/mol. The highest BCUT2D eigenvalue weighted by Gasteiger charge is 2.60. The van der Waals surface area contributed by atoms with Crippen LogP contribution in [-0.4, -0.2) is 54.3 Å². The lowest BCUT2D eigenvalue weighted by molar-refractivity contribution is -0.228. The van der Waals surface area contributed by atoms with Gasteiger partial charge in [0.05, 0.1) is 6.10 Å². The van der Waals surface area contributed by atoms with Crippen molar-refractivity contribution in [3.05, 3.63) is 0 Å². The zero-order valence-electron chi connectivity index (χ0n) is 12.5. The Morgan fingerprint density at radius 2 is 1.45 bits per heavy atom. The molecule has 0 bridgehead atoms. The van der Waals surface area contributed by atoms with Gasteiger partial charge in [0.2, 0.25) is 0 Å². The van der Waals surface area contributed by atoms with E-state index in [4.69, 9.17) is 23.7 Å². The van der Waals surface area contributed by atoms with Gasteiger partial charge in [-0.15, -0.1) is 0 Å². The molecule has 0 saturated carbocycles. The average Bonchev–Trinajstić information content (AvgIpc) is 2.80. The predicted octanol–water partition coefficient (Wildman–Crippen LogP) is 2.39. The SMILES string of the molecule is CSSC[C@H]1OC2OC(C)(C)O[C@@H]2C2OC(C)(C)O[C@H]21. The largest absolute Gasteiger partial charge is 0.343 e. The summed E-state index contributed by atoms with van der Waals surface area (Å²) in [7, 11) is 3.48. The monoisotopic (exact) mass is 322 g/mol. The van der Waals surface area contributed by atoms with Crippen LogP contribution in [0.3, 0.4) is 0 Å². The highest BCUT2D eigenvalue weighted by atomic mass is 33.1. The van der Waals surface area contributed by atoms with Gasteiger partial charge in [0.15, 0.2) is 17.9 Å². The third-order valence-corrected chi connectivity index (χ3v) is 5.42. The van der Waals surface area contributed by atoms with Gasteiger partial charge in [-0.3, -0.25) is 0 Å². The topological polar surface area (TPSA) is 46.2 Å². The van der Waals surface area contributed by atoms with Crippen molar-refractivity contribution in [2.75, 3.05) is 12.0 Å². The van der Waals surface area contributed by atoms with E-state index < -0.39 is 11.6 Å². The summed E-state index contributed by atoms with van der Waals surface area (Å²) >= 11 is 0. The standard InChI is InChI=1S/C13H22O5S2/c1-12(2)15-8-7(6-20-19-5)14-11-10(9(8)16-12)17-13(3,4)18-11/h7-11H,6H2,1-5H3/t7-,8+,9?,10-,11?/m1/s1. The molecule has 0 aliphatic carbocycles. The molecule has 0 N–H and O–H groups in total. The van der Waals surface area contributed by atoms with Crippen LogP contribution in [0.25, 0.3) is 0 Å². The van der Waals surface area contributed by atoms with Crippen LogP contribution in [0.15, 0.2) is 0 Å². The second-order valence-electron chi connectivity index (χ2n) is 6.16. The van der Waals surface area contributed by atoms with Crippen molar-refractivity contribution in [3.8, 4) is 0 Å². The van der Waals surface area contributed by atoms with E-state index in [0.717, 1.165) is 5.75 Å². The smallest absolute Gasteiger partial charge is 0.190 e. The Kier molecular flexibility index (Phi) is 4.08. The first-order valence-corrected chi connectivity index (χ1v) is 9.56. The summed E-state index contributed by atoms with van der Waals surface area (Å²) in [5.74, 6) is -0.405. The van der Waals surface area contributed by atoms with Crippen LogP contribution in [0.2, 0.25) is 0 Å². The number of ether oxygens (including phenoxy) is 5. The van der Waals surface area contributed by atoms with Crippen LogP contribution in [0, 0.1) is 0 Å². The molecule has 3 aliphatic heterocycles. The minimum Gasteiger partial charge on any atom is -0.343 e. The van der Waals surface area contributed by atoms with Crippen LogP contribution in [0.1, 0.15) is 27.7 Å². The van der Waals surface area contributed by atoms with Crippen molar-refractivity contribution in [1.29, 1.82) is 0 Å². The fraction of sp³-hybridized carbons (Fsp3) is 1.00. The molecule has 3 rings (SSSR count). The number of hydrogen-bond donors (Lipinski definition) is 0. The lowest BCUT2D eigenvalue weighted by atomic mass is 10.00. The van der Waals surface area contributed by atoms with Crippen molar-refractivity contribution < 1.29 is 23.7 Å². The first-order valence-electron chi connectivity index (χ1n) is 6.84. The zero-order valence-corrected chi connectivity index (χ0v) is 14.1. The highest BCUT2D eigenvalue weighted by molar-refractivity contribution is 8.76. The Morgan fingerprint density at radius 3 is 2.15 bits per heavy atom. The van der Waals surface area contributed by atoms with E-state index in [-0.39, 0.29) is 30.7 Å². The van der Waals surface area contributed by atoms with Crippen molar-refractivity contribution in [1.82, 2.24) is 0 Å². The second kappa shape index (κ2) is 5.30. The Hall–Kier alpha value is 0.500. The quantitative estimate of drug-likeness (QED) is 0.739. The van der Waals surface area contributed by atoms with Gasteiger partial charge in [-0.25, -0.2) is 0 Å². The summed E-state index contributed by atoms with van der Waals surface area (Å²) in [5.41, 5.74) is 0. The van der Waals surface area contributed by atoms with E-state index in [1.165, 1.54) is 0 Å². The van der Waals surface area contributed by atoms with Gasteiger partial charge in [-0.1, -0.05) is 21.6 Å². The van der Waals surface area contributed by atoms with Gasteiger partial charge in [-0.2, -0.15) is 0 Å². The zero-order chi connectivity index (χ0) is 14.5. The van der Waals surface area contributed by atoms with E-state index in [0.29, 0.717) is 0 Å². The van der Waals surface area contributed by atoms with E-state index >= 15 is 0 Å². The second-order valence-corrected chi connectivity index (χ2v) is 8.77. The van der Waals surface area contributed by atoms with Gasteiger partial charge in [0.25, 0.3) is 0 Å². The maximum atomic E-state index is 6.07. The van der Waals surface area contributed by atoms with Gasteiger partial charge in [0.1, 0.15) is 18.3 Å². The first kappa shape index (κ1) is 15.4. The fourth-order valence-electron chi connectivity index (χ4n) is 2.96. The van der Waals surface area contributed by atoms with Crippen LogP contribution < -0.4 is 0 Å². The first-order chi connectivity index (χ1) is 9.31. The lowest BCUT2D eigenvalue weighted by Gasteiger charge is -2.37. The Balaban J connectivity index is 1.80. The summed E-state index contributed by atoms with van der Waals surface area (Å²) < 4.78 is 29.9. The molecule has 3 fully saturated rings. The van der Waals surface area contributed by atoms with Crippen LogP contribution in [0.5, 0.6) is 0 Å². The van der Waals surface area contributed by atoms with E-state index in [1.807, 2.05) is 27.7 Å². The molecule has 0 radical (unpaired) electrons. The Bertz CT molecular complexity index is 376. The third-order valence-electron chi connectivity index (χ3n) is 3.60. The maximum absolute atomic E-state index is 6.07. The van der Waals surface area contributed by atoms with Crippen molar-refractivity contribution in [2.24, 2.45) is 0 Å². The molecule has 5 nitrogen and oxygen atoms in total. The lowest BCUT2D eigenvalue weighted by Crippen LogP contribution is -2.55. The normalized spacial score (nSPS) is 45.1. The van der Waals surface area contributed by atoms with Gasteiger partial charge < -0.3 is 23.7 Å². The average molecular weight is 322 g/mol. The summed E-state index contributed by atoms with van der Waals surface area (Å²) in [5, 5.41) is 0. The number of fused-ring (bicyclic) bond motifs is 3. The molecule has 3 aliphatic rings. The number of rotatable bonds is 3. The molecule has 0 amide bonds. The maximum Gasteiger partial charge on any atom is 0.190 e. The summed E-state index contributed by atoms with van der Waals surface area (Å²) in [6.07, 6.45) is 1.16. The molecule has 5 atom stereocenters. The molecule has 3 saturated heterocycles. The van der Waals surface area contributed by atoms with Crippen molar-refractivity contribution >= 4 is 21.6 Å². The summed E-state index contributed by atoms with van der Waals surface area (Å²) in [6.45, 7) is 7.66. The molecular weight excluding hydrogens is 300 g/mol. The molecule has 0 aromatic heterocycles. The molecule has 0 aromatic rings. The molecule has 2 unspecified atom stereocenters. The summed E-state index contributed by atoms with van der Waals surface area (Å²) in [6, 6.07) is 0. The molecule has 116 valence electrons. The molecule has 3 heterocycles. The van der Waals surface area contributed by atoms with Crippen molar-refractivity contribution in [2.45, 2.75) is 70.0 Å². The molecule has 0 aromatic carbocycles. The summed E-state index contributed by atoms with van der Waals surface area (Å²) in [4.78, 5) is 0. The molecular formula is C13H22O5S2. The fourth-order valence-corrected chi connectivity index (χ4v) is 4.31. The minimum absolute atomic E-state index is 0.0435. The molecule has 0 spiro atoms. The minimum atomic E-state index is -0.641. The van der Waals surface area contributed by atoms with Gasteiger partial charge in [-0.05, 0) is 34.0 Å². The van der Waals surface area contributed by atoms with Crippen LogP contribution >= 0.6 is 21.6 Å². The van der Waals surface area contributed by atoms with Crippen LogP contribution in [-0.2, 0) is 23.7 Å². The van der Waals surface area contributed by atoms with Gasteiger partial charge in [0, 0.05) is 5.75 Å². The molecule has 7 heteroatoms.